The van der Waals surface area contributed by atoms with E-state index in [-0.39, 0.29) is 40.7 Å². The Labute approximate surface area is 251 Å². The third-order valence-corrected chi connectivity index (χ3v) is 21.4. The molecular formula is C33H34Cl2P2Zr. The van der Waals surface area contributed by atoms with E-state index in [9.17, 15) is 0 Å². The Kier molecular flexibility index (Phi) is 9.41. The van der Waals surface area contributed by atoms with E-state index in [0.717, 1.165) is 0 Å². The first-order chi connectivity index (χ1) is 17.4. The van der Waals surface area contributed by atoms with Gasteiger partial charge in [0.1, 0.15) is 0 Å². The molecule has 5 heteroatoms. The van der Waals surface area contributed by atoms with Crippen LogP contribution in [0.25, 0.3) is 0 Å². The molecule has 6 rings (SSSR count). The van der Waals surface area contributed by atoms with Gasteiger partial charge in [-0.05, 0) is 0 Å². The number of rotatable bonds is 4. The van der Waals surface area contributed by atoms with E-state index < -0.39 is 21.3 Å². The molecule has 0 fully saturated rings. The predicted octanol–water partition coefficient (Wildman–Crippen LogP) is 2.44. The van der Waals surface area contributed by atoms with Crippen LogP contribution in [0.4, 0.5) is 0 Å². The van der Waals surface area contributed by atoms with Gasteiger partial charge in [-0.2, -0.15) is 0 Å². The molecule has 2 aromatic rings. The molecule has 0 radical (unpaired) electrons. The van der Waals surface area contributed by atoms with Crippen LogP contribution in [0.15, 0.2) is 124 Å². The Morgan fingerprint density at radius 3 is 1.34 bits per heavy atom. The molecule has 4 unspecified atom stereocenters. The second-order valence-electron chi connectivity index (χ2n) is 10.6. The average Bonchev–Trinajstić information content (AvgIpc) is 3.53. The Balaban J connectivity index is 0.00000168. The number of halogens is 2. The molecule has 0 aromatic heterocycles. The van der Waals surface area contributed by atoms with Gasteiger partial charge in [0.05, 0.1) is 0 Å². The van der Waals surface area contributed by atoms with Gasteiger partial charge in [0.2, 0.25) is 0 Å². The van der Waals surface area contributed by atoms with Gasteiger partial charge < -0.3 is 24.8 Å². The van der Waals surface area contributed by atoms with E-state index in [1.54, 1.807) is 42.7 Å². The van der Waals surface area contributed by atoms with E-state index >= 15 is 0 Å². The zero-order chi connectivity index (χ0) is 25.1. The zero-order valence-corrected chi connectivity index (χ0v) is 28.6. The van der Waals surface area contributed by atoms with Gasteiger partial charge in [0.15, 0.2) is 0 Å². The molecule has 0 saturated carbocycles. The summed E-state index contributed by atoms with van der Waals surface area (Å²) in [5, 5.41) is 6.32. The molecule has 0 amide bonds. The van der Waals surface area contributed by atoms with Crippen molar-refractivity contribution in [3.63, 3.8) is 0 Å². The molecule has 0 saturated heterocycles. The van der Waals surface area contributed by atoms with E-state index in [2.05, 4.69) is 127 Å². The summed E-state index contributed by atoms with van der Waals surface area (Å²) in [5.41, 5.74) is 7.56. The van der Waals surface area contributed by atoms with Crippen molar-refractivity contribution in [1.82, 2.24) is 0 Å². The maximum absolute atomic E-state index is 2.64. The van der Waals surface area contributed by atoms with Crippen LogP contribution in [0.1, 0.15) is 41.5 Å². The van der Waals surface area contributed by atoms with E-state index in [1.165, 1.54) is 10.6 Å². The fraction of sp³-hybridized carbons (Fsp3) is 0.242. The van der Waals surface area contributed by atoms with Crippen molar-refractivity contribution in [2.24, 2.45) is 0 Å². The molecule has 2 aliphatic carbocycles. The van der Waals surface area contributed by atoms with Crippen LogP contribution in [0.3, 0.4) is 0 Å². The van der Waals surface area contributed by atoms with Crippen molar-refractivity contribution in [1.29, 1.82) is 0 Å². The van der Waals surface area contributed by atoms with Gasteiger partial charge in [0, 0.05) is 0 Å². The van der Waals surface area contributed by atoms with Crippen LogP contribution in [-0.2, 0) is 21.3 Å². The monoisotopic (exact) mass is 652 g/mol. The molecule has 0 N–H and O–H groups in total. The van der Waals surface area contributed by atoms with Crippen molar-refractivity contribution in [3.05, 3.63) is 124 Å². The Morgan fingerprint density at radius 1 is 0.632 bits per heavy atom. The molecule has 0 nitrogen and oxygen atoms in total. The average molecular weight is 655 g/mol. The molecule has 194 valence electrons. The van der Waals surface area contributed by atoms with E-state index in [0.29, 0.717) is 11.3 Å². The van der Waals surface area contributed by atoms with E-state index in [1.807, 2.05) is 0 Å². The molecule has 0 spiro atoms. The number of benzene rings is 2. The summed E-state index contributed by atoms with van der Waals surface area (Å²) in [5.74, 6) is 0. The summed E-state index contributed by atoms with van der Waals surface area (Å²) in [4.78, 5) is 0. The second kappa shape index (κ2) is 11.9. The molecule has 0 bridgehead atoms. The van der Waals surface area contributed by atoms with Gasteiger partial charge >= 0.3 is 228 Å². The van der Waals surface area contributed by atoms with Crippen LogP contribution in [0, 0.1) is 0 Å². The van der Waals surface area contributed by atoms with Crippen molar-refractivity contribution in [2.75, 3.05) is 0 Å². The van der Waals surface area contributed by atoms with Gasteiger partial charge in [-0.1, -0.05) is 0 Å². The molecule has 2 aromatic carbocycles. The predicted molar refractivity (Wildman–Crippen MR) is 159 cm³/mol. The van der Waals surface area contributed by atoms with Crippen molar-refractivity contribution in [3.8, 4) is 0 Å². The first-order valence-corrected chi connectivity index (χ1v) is 19.5. The number of hydrogen-bond donors (Lipinski definition) is 0. The molecule has 2 heterocycles. The maximum Gasteiger partial charge on any atom is -1.00 e. The Hall–Kier alpha value is -0.927. The van der Waals surface area contributed by atoms with Crippen LogP contribution in [0.2, 0.25) is 0 Å². The van der Waals surface area contributed by atoms with Crippen LogP contribution >= 0.6 is 15.8 Å². The molecule has 2 aliphatic heterocycles. The molecule has 4 aliphatic rings. The summed E-state index contributed by atoms with van der Waals surface area (Å²) in [6.07, 6.45) is 10.4. The van der Waals surface area contributed by atoms with Gasteiger partial charge in [-0.3, -0.25) is 0 Å². The van der Waals surface area contributed by atoms with Gasteiger partial charge in [0.25, 0.3) is 0 Å². The quantitative estimate of drug-likeness (QED) is 0.445. The Bertz CT molecular complexity index is 1380. The normalized spacial score (nSPS) is 24.9. The fourth-order valence-corrected chi connectivity index (χ4v) is 20.2. The van der Waals surface area contributed by atoms with Crippen LogP contribution in [0.5, 0.6) is 0 Å². The van der Waals surface area contributed by atoms with E-state index in [4.69, 9.17) is 0 Å². The fourth-order valence-electron chi connectivity index (χ4n) is 6.41. The second-order valence-corrected chi connectivity index (χ2v) is 22.5. The number of fused-ring (bicyclic) bond motifs is 2. The van der Waals surface area contributed by atoms with Gasteiger partial charge in [-0.15, -0.1) is 0 Å². The van der Waals surface area contributed by atoms with Crippen molar-refractivity contribution < 1.29 is 46.1 Å². The molecular weight excluding hydrogens is 620 g/mol. The Morgan fingerprint density at radius 2 is 1.00 bits per heavy atom. The topological polar surface area (TPSA) is 0 Å². The molecule has 38 heavy (non-hydrogen) atoms. The number of hydrogen-bond acceptors (Lipinski definition) is 0. The smallest absolute Gasteiger partial charge is 1.00 e. The largest absolute Gasteiger partial charge is 1.00 e. The first-order valence-electron chi connectivity index (χ1n) is 13.0. The summed E-state index contributed by atoms with van der Waals surface area (Å²) in [6.45, 7) is 14.5. The zero-order valence-electron chi connectivity index (χ0n) is 22.9. The minimum absolute atomic E-state index is 0. The molecule has 4 atom stereocenters. The summed E-state index contributed by atoms with van der Waals surface area (Å²) < 4.78 is 5.21. The van der Waals surface area contributed by atoms with Crippen LogP contribution in [-0.4, -0.2) is 14.5 Å². The van der Waals surface area contributed by atoms with Crippen molar-refractivity contribution in [2.45, 2.75) is 52.9 Å². The van der Waals surface area contributed by atoms with Crippen molar-refractivity contribution >= 4 is 29.7 Å². The van der Waals surface area contributed by atoms with Gasteiger partial charge in [-0.25, -0.2) is 0 Å². The number of allylic oxidation sites excluding steroid dienone is 12. The van der Waals surface area contributed by atoms with Crippen LogP contribution < -0.4 is 35.4 Å². The minimum Gasteiger partial charge on any atom is -1.00 e. The maximum atomic E-state index is 2.64. The SMILES string of the molecule is CC1=[C]([Zr+2]([C]2=C(C)C=C3C2=CC(C)P3c2ccccc2)=[C](C)C)C2=CC(C)P(c3ccccc3)C2=C1.[Cl-].[Cl-]. The summed E-state index contributed by atoms with van der Waals surface area (Å²) in [6, 6.07) is 22.5. The third kappa shape index (κ3) is 4.91. The summed E-state index contributed by atoms with van der Waals surface area (Å²) in [7, 11) is -0.619. The summed E-state index contributed by atoms with van der Waals surface area (Å²) >= 11 is -2.29. The minimum atomic E-state index is -2.29. The third-order valence-electron chi connectivity index (χ3n) is 7.80. The first kappa shape index (κ1) is 30.0. The standard InChI is InChI=1S/2C15H14P.C3H6.2ClH.Zr/c2*1-11-8-13-10-12(2)16(15(13)9-11)14-6-4-3-5-7-14;1-3-2;;;/h2*3-7,9-10,12H,1-2H3;1-2H3;2*1H;/q;;;;;+2/p-2.